The van der Waals surface area contributed by atoms with Crippen molar-refractivity contribution in [3.63, 3.8) is 0 Å². The molecule has 0 spiro atoms. The lowest BCUT2D eigenvalue weighted by Crippen LogP contribution is -2.27. The van der Waals surface area contributed by atoms with E-state index in [1.165, 1.54) is 23.9 Å². The van der Waals surface area contributed by atoms with Crippen LogP contribution in [0.25, 0.3) is 10.9 Å². The molecule has 2 aromatic heterocycles. The Morgan fingerprint density at radius 1 is 1.35 bits per heavy atom. The highest BCUT2D eigenvalue weighted by Gasteiger charge is 2.27. The van der Waals surface area contributed by atoms with E-state index in [0.717, 1.165) is 28.0 Å². The molecule has 0 aliphatic carbocycles. The number of rotatable bonds is 10. The fourth-order valence-electron chi connectivity index (χ4n) is 3.60. The number of aromatic nitrogens is 2. The number of benzene rings is 1. The fraction of sp³-hybridized carbons (Fsp3) is 0.348. The van der Waals surface area contributed by atoms with Crippen LogP contribution in [-0.4, -0.2) is 40.9 Å². The van der Waals surface area contributed by atoms with Crippen molar-refractivity contribution < 1.29 is 23.0 Å². The van der Waals surface area contributed by atoms with Crippen LogP contribution in [0.5, 0.6) is 5.75 Å². The second-order valence-electron chi connectivity index (χ2n) is 7.52. The van der Waals surface area contributed by atoms with Gasteiger partial charge in [-0.2, -0.15) is 5.26 Å². The van der Waals surface area contributed by atoms with Gasteiger partial charge in [-0.05, 0) is 55.7 Å². The first-order valence-electron chi connectivity index (χ1n) is 10.3. The van der Waals surface area contributed by atoms with Crippen LogP contribution in [0.1, 0.15) is 28.1 Å². The molecule has 0 saturated heterocycles. The van der Waals surface area contributed by atoms with Crippen LogP contribution in [0.3, 0.4) is 0 Å². The van der Waals surface area contributed by atoms with Gasteiger partial charge in [0.1, 0.15) is 16.8 Å². The summed E-state index contributed by atoms with van der Waals surface area (Å²) >= 11 is 6.05. The van der Waals surface area contributed by atoms with Gasteiger partial charge in [0.2, 0.25) is 5.91 Å². The van der Waals surface area contributed by atoms with Gasteiger partial charge in [-0.25, -0.2) is 4.98 Å². The van der Waals surface area contributed by atoms with E-state index in [0.29, 0.717) is 28.9 Å². The van der Waals surface area contributed by atoms with Gasteiger partial charge in [0.25, 0.3) is 0 Å². The number of carbonyl (C=O) groups is 1. The number of aryl methyl sites for hydroxylation is 2. The van der Waals surface area contributed by atoms with E-state index in [1.807, 2.05) is 13.8 Å². The van der Waals surface area contributed by atoms with Crippen molar-refractivity contribution in [3.8, 4) is 11.8 Å². The monoisotopic (exact) mass is 508 g/mol. The van der Waals surface area contributed by atoms with Crippen LogP contribution < -0.4 is 10.1 Å². The number of nitrogens with zero attached hydrogens (tertiary/aromatic N) is 2. The van der Waals surface area contributed by atoms with Crippen molar-refractivity contribution in [1.29, 1.82) is 5.26 Å². The maximum Gasteiger partial charge on any atom is 0.487 e. The van der Waals surface area contributed by atoms with E-state index in [-0.39, 0.29) is 24.0 Å². The molecule has 1 aromatic carbocycles. The molecule has 7 nitrogen and oxygen atoms in total. The lowest BCUT2D eigenvalue weighted by Gasteiger charge is -2.11. The molecule has 0 aliphatic rings. The Morgan fingerprint density at radius 2 is 2.12 bits per heavy atom. The zero-order valence-electron chi connectivity index (χ0n) is 18.8. The summed E-state index contributed by atoms with van der Waals surface area (Å²) in [4.78, 5) is 20.0. The molecule has 0 aliphatic heterocycles. The standard InChI is InChI=1S/C23H23ClF2N4O3S/c1-13-8-15(11-32-3)19(10-27)22(29-13)34-12-21(31)28-7-6-17-14(2)30-20-5-4-16(9-18(17)20)33-23(24,25)26/h4-5,8-9,30H,6-7,11-12H2,1-3H3,(H,28,31). The number of aromatic amines is 1. The average Bonchev–Trinajstić information content (AvgIpc) is 3.06. The van der Waals surface area contributed by atoms with E-state index >= 15 is 0 Å². The van der Waals surface area contributed by atoms with Crippen LogP contribution >= 0.6 is 23.4 Å². The molecule has 0 fully saturated rings. The molecule has 2 heterocycles. The number of nitriles is 1. The molecule has 0 unspecified atom stereocenters. The first kappa shape index (κ1) is 25.7. The number of carbonyl (C=O) groups excluding carboxylic acids is 1. The molecule has 34 heavy (non-hydrogen) atoms. The molecule has 3 aromatic rings. The first-order chi connectivity index (χ1) is 16.1. The molecule has 3 rings (SSSR count). The van der Waals surface area contributed by atoms with Crippen molar-refractivity contribution in [2.24, 2.45) is 0 Å². The SMILES string of the molecule is COCc1cc(C)nc(SCC(=O)NCCc2c(C)[nH]c3ccc(OC(F)(F)Cl)cc23)c1C#N. The molecule has 1 amide bonds. The van der Waals surface area contributed by atoms with Crippen molar-refractivity contribution >= 4 is 40.2 Å². The normalized spacial score (nSPS) is 11.4. The maximum absolute atomic E-state index is 13.0. The minimum absolute atomic E-state index is 0.0556. The number of H-pyrrole nitrogens is 1. The van der Waals surface area contributed by atoms with Crippen molar-refractivity contribution in [1.82, 2.24) is 15.3 Å². The van der Waals surface area contributed by atoms with Crippen molar-refractivity contribution in [3.05, 3.63) is 52.3 Å². The van der Waals surface area contributed by atoms with Gasteiger partial charge in [-0.3, -0.25) is 4.79 Å². The Hall–Kier alpha value is -2.87. The Balaban J connectivity index is 1.62. The number of hydrogen-bond donors (Lipinski definition) is 2. The number of halogens is 3. The summed E-state index contributed by atoms with van der Waals surface area (Å²) in [6, 6.07) is 8.47. The predicted molar refractivity (Wildman–Crippen MR) is 126 cm³/mol. The molecule has 11 heteroatoms. The smallest absolute Gasteiger partial charge is 0.420 e. The molecule has 0 radical (unpaired) electrons. The van der Waals surface area contributed by atoms with Gasteiger partial charge in [0.05, 0.1) is 17.9 Å². The summed E-state index contributed by atoms with van der Waals surface area (Å²) in [7, 11) is 1.55. The van der Waals surface area contributed by atoms with E-state index < -0.39 is 5.57 Å². The Labute approximate surface area is 204 Å². The number of methoxy groups -OCH3 is 1. The summed E-state index contributed by atoms with van der Waals surface area (Å²) in [6.45, 7) is 4.31. The highest BCUT2D eigenvalue weighted by atomic mass is 35.5. The van der Waals surface area contributed by atoms with E-state index in [4.69, 9.17) is 16.3 Å². The van der Waals surface area contributed by atoms with E-state index in [9.17, 15) is 18.8 Å². The molecule has 0 saturated carbocycles. The highest BCUT2D eigenvalue weighted by molar-refractivity contribution is 8.00. The van der Waals surface area contributed by atoms with Gasteiger partial charge >= 0.3 is 5.57 Å². The summed E-state index contributed by atoms with van der Waals surface area (Å²) < 4.78 is 35.6. The lowest BCUT2D eigenvalue weighted by atomic mass is 10.1. The van der Waals surface area contributed by atoms with Gasteiger partial charge in [-0.1, -0.05) is 11.8 Å². The quantitative estimate of drug-likeness (QED) is 0.301. The number of fused-ring (bicyclic) bond motifs is 1. The second kappa shape index (κ2) is 11.0. The molecular formula is C23H23ClF2N4O3S. The predicted octanol–water partition coefficient (Wildman–Crippen LogP) is 4.82. The number of nitrogens with one attached hydrogen (secondary N) is 2. The molecule has 0 atom stereocenters. The number of hydrogen-bond acceptors (Lipinski definition) is 6. The minimum Gasteiger partial charge on any atom is -0.420 e. The van der Waals surface area contributed by atoms with E-state index in [1.54, 1.807) is 19.2 Å². The third kappa shape index (κ3) is 6.59. The van der Waals surface area contributed by atoms with Gasteiger partial charge in [-0.15, -0.1) is 8.78 Å². The first-order valence-corrected chi connectivity index (χ1v) is 11.6. The summed E-state index contributed by atoms with van der Waals surface area (Å²) in [5.41, 5.74) is 0.572. The van der Waals surface area contributed by atoms with Crippen molar-refractivity contribution in [2.45, 2.75) is 37.5 Å². The second-order valence-corrected chi connectivity index (χ2v) is 8.92. The van der Waals surface area contributed by atoms with Gasteiger partial charge in [0, 0.05) is 47.5 Å². The Morgan fingerprint density at radius 3 is 2.79 bits per heavy atom. The van der Waals surface area contributed by atoms with Crippen LogP contribution in [-0.2, 0) is 22.6 Å². The highest BCUT2D eigenvalue weighted by Crippen LogP contribution is 2.31. The average molecular weight is 509 g/mol. The third-order valence-corrected chi connectivity index (χ3v) is 6.02. The zero-order valence-corrected chi connectivity index (χ0v) is 20.4. The zero-order chi connectivity index (χ0) is 24.9. The van der Waals surface area contributed by atoms with Gasteiger partial charge < -0.3 is 19.8 Å². The van der Waals surface area contributed by atoms with Crippen LogP contribution in [0.4, 0.5) is 8.78 Å². The number of amides is 1. The topological polar surface area (TPSA) is 100 Å². The number of thioether (sulfide) groups is 1. The number of alkyl halides is 3. The summed E-state index contributed by atoms with van der Waals surface area (Å²) in [6.07, 6.45) is 0.479. The Kier molecular flexibility index (Phi) is 8.36. The number of ether oxygens (including phenoxy) is 2. The Bertz CT molecular complexity index is 1240. The molecule has 2 N–H and O–H groups in total. The maximum atomic E-state index is 13.0. The largest absolute Gasteiger partial charge is 0.487 e. The van der Waals surface area contributed by atoms with Crippen LogP contribution in [0.15, 0.2) is 29.3 Å². The molecular weight excluding hydrogens is 486 g/mol. The molecule has 180 valence electrons. The van der Waals surface area contributed by atoms with Crippen molar-refractivity contribution in [2.75, 3.05) is 19.4 Å². The minimum atomic E-state index is -3.80. The number of pyridine rings is 1. The van der Waals surface area contributed by atoms with Crippen LogP contribution in [0, 0.1) is 25.2 Å². The van der Waals surface area contributed by atoms with E-state index in [2.05, 4.69) is 26.1 Å². The lowest BCUT2D eigenvalue weighted by molar-refractivity contribution is -0.118. The summed E-state index contributed by atoms with van der Waals surface area (Å²) in [5.74, 6) is -0.179. The van der Waals surface area contributed by atoms with Gasteiger partial charge in [0.15, 0.2) is 0 Å². The molecule has 0 bridgehead atoms. The fourth-order valence-corrected chi connectivity index (χ4v) is 4.58. The van der Waals surface area contributed by atoms with Crippen LogP contribution in [0.2, 0.25) is 0 Å². The third-order valence-electron chi connectivity index (χ3n) is 4.97. The summed E-state index contributed by atoms with van der Waals surface area (Å²) in [5, 5.41) is 13.6.